The SMILES string of the molecule is O=[N+]([O-])c1cc(S(=O)(=O)C(Cl)Cl)cc([N+](=O)[O-])c1N1CCOCC1. The number of benzene rings is 1. The highest BCUT2D eigenvalue weighted by atomic mass is 35.5. The number of alkyl halides is 2. The molecule has 24 heavy (non-hydrogen) atoms. The van der Waals surface area contributed by atoms with Gasteiger partial charge in [0.2, 0.25) is 14.0 Å². The molecule has 2 rings (SSSR count). The summed E-state index contributed by atoms with van der Waals surface area (Å²) in [6.07, 6.45) is 0. The van der Waals surface area contributed by atoms with E-state index in [4.69, 9.17) is 27.9 Å². The molecule has 0 aromatic heterocycles. The molecule has 1 heterocycles. The normalized spacial score (nSPS) is 15.5. The summed E-state index contributed by atoms with van der Waals surface area (Å²) in [6, 6.07) is 1.45. The summed E-state index contributed by atoms with van der Waals surface area (Å²) in [7, 11) is -4.36. The van der Waals surface area contributed by atoms with E-state index in [2.05, 4.69) is 0 Å². The van der Waals surface area contributed by atoms with Crippen molar-refractivity contribution in [3.05, 3.63) is 32.4 Å². The molecule has 13 heteroatoms. The number of halogens is 2. The van der Waals surface area contributed by atoms with Crippen molar-refractivity contribution in [3.8, 4) is 0 Å². The third kappa shape index (κ3) is 3.53. The highest BCUT2D eigenvalue weighted by Crippen LogP contribution is 2.41. The monoisotopic (exact) mass is 399 g/mol. The van der Waals surface area contributed by atoms with Crippen molar-refractivity contribution in [1.29, 1.82) is 0 Å². The minimum absolute atomic E-state index is 0.196. The number of hydrogen-bond acceptors (Lipinski definition) is 8. The van der Waals surface area contributed by atoms with Crippen molar-refractivity contribution in [2.24, 2.45) is 0 Å². The molecule has 0 unspecified atom stereocenters. The predicted octanol–water partition coefficient (Wildman–Crippen LogP) is 1.87. The van der Waals surface area contributed by atoms with Crippen molar-refractivity contribution in [3.63, 3.8) is 0 Å². The first kappa shape index (κ1) is 18.6. The standard InChI is InChI=1S/C11H11Cl2N3O7S/c12-11(13)24(21,22)7-5-8(15(17)18)10(9(6-7)16(19)20)14-1-3-23-4-2-14/h5-6,11H,1-4H2. The fourth-order valence-corrected chi connectivity index (χ4v) is 3.61. The van der Waals surface area contributed by atoms with Crippen LogP contribution in [0.25, 0.3) is 0 Å². The maximum absolute atomic E-state index is 12.0. The average Bonchev–Trinajstić information content (AvgIpc) is 2.54. The summed E-state index contributed by atoms with van der Waals surface area (Å²) in [5, 5.41) is 22.7. The van der Waals surface area contributed by atoms with Gasteiger partial charge in [0.25, 0.3) is 0 Å². The van der Waals surface area contributed by atoms with Crippen molar-refractivity contribution < 1.29 is 23.0 Å². The number of anilines is 1. The van der Waals surface area contributed by atoms with Gasteiger partial charge in [0.1, 0.15) is 0 Å². The second-order valence-electron chi connectivity index (χ2n) is 4.73. The number of nitro benzene ring substituents is 2. The van der Waals surface area contributed by atoms with E-state index in [1.54, 1.807) is 0 Å². The Bertz CT molecular complexity index is 743. The zero-order chi connectivity index (χ0) is 18.1. The molecule has 0 amide bonds. The molecular formula is C11H11Cl2N3O7S. The highest BCUT2D eigenvalue weighted by molar-refractivity contribution is 7.94. The lowest BCUT2D eigenvalue weighted by Crippen LogP contribution is -2.37. The Morgan fingerprint density at radius 3 is 1.92 bits per heavy atom. The Morgan fingerprint density at radius 2 is 1.54 bits per heavy atom. The molecule has 1 saturated heterocycles. The van der Waals surface area contributed by atoms with E-state index in [9.17, 15) is 28.6 Å². The topological polar surface area (TPSA) is 133 Å². The quantitative estimate of drug-likeness (QED) is 0.416. The van der Waals surface area contributed by atoms with Crippen LogP contribution in [0.4, 0.5) is 17.1 Å². The van der Waals surface area contributed by atoms with Crippen molar-refractivity contribution in [2.45, 2.75) is 9.06 Å². The van der Waals surface area contributed by atoms with Crippen LogP contribution in [-0.4, -0.2) is 48.7 Å². The Labute approximate surface area is 146 Å². The largest absolute Gasteiger partial charge is 0.378 e. The molecule has 0 radical (unpaired) electrons. The van der Waals surface area contributed by atoms with Crippen molar-refractivity contribution in [1.82, 2.24) is 0 Å². The molecule has 0 saturated carbocycles. The third-order valence-electron chi connectivity index (χ3n) is 3.33. The van der Waals surface area contributed by atoms with Crippen LogP contribution in [0.15, 0.2) is 17.0 Å². The second-order valence-corrected chi connectivity index (χ2v) is 8.38. The molecule has 10 nitrogen and oxygen atoms in total. The first-order valence-corrected chi connectivity index (χ1v) is 8.89. The van der Waals surface area contributed by atoms with Gasteiger partial charge in [0.05, 0.1) is 28.0 Å². The maximum Gasteiger partial charge on any atom is 0.300 e. The van der Waals surface area contributed by atoms with Gasteiger partial charge in [-0.05, 0) is 0 Å². The molecule has 1 aromatic carbocycles. The molecule has 1 aromatic rings. The average molecular weight is 400 g/mol. The number of rotatable bonds is 5. The summed E-state index contributed by atoms with van der Waals surface area (Å²) in [5.74, 6) is 0. The number of nitrogens with zero attached hydrogens (tertiary/aromatic N) is 3. The first-order valence-electron chi connectivity index (χ1n) is 6.48. The van der Waals surface area contributed by atoms with Gasteiger partial charge in [0.15, 0.2) is 5.69 Å². The molecule has 0 N–H and O–H groups in total. The molecule has 1 aliphatic rings. The summed E-state index contributed by atoms with van der Waals surface area (Å²) in [4.78, 5) is 21.7. The van der Waals surface area contributed by atoms with Crippen LogP contribution in [0.3, 0.4) is 0 Å². The van der Waals surface area contributed by atoms with Gasteiger partial charge in [-0.25, -0.2) is 8.42 Å². The van der Waals surface area contributed by atoms with Gasteiger partial charge >= 0.3 is 11.4 Å². The Morgan fingerprint density at radius 1 is 1.08 bits per heavy atom. The van der Waals surface area contributed by atoms with Gasteiger partial charge < -0.3 is 9.64 Å². The fourth-order valence-electron chi connectivity index (χ4n) is 2.24. The molecule has 0 bridgehead atoms. The van der Waals surface area contributed by atoms with Gasteiger partial charge in [-0.2, -0.15) is 0 Å². The highest BCUT2D eigenvalue weighted by Gasteiger charge is 2.36. The second kappa shape index (κ2) is 7.05. The molecule has 1 aliphatic heterocycles. The molecular weight excluding hydrogens is 389 g/mol. The third-order valence-corrected chi connectivity index (χ3v) is 6.10. The molecule has 0 spiro atoms. The van der Waals surface area contributed by atoms with Crippen LogP contribution in [0, 0.1) is 20.2 Å². The van der Waals surface area contributed by atoms with E-state index in [0.717, 1.165) is 12.1 Å². The Kier molecular flexibility index (Phi) is 5.48. The van der Waals surface area contributed by atoms with Crippen LogP contribution in [0.1, 0.15) is 0 Å². The van der Waals surface area contributed by atoms with Crippen LogP contribution < -0.4 is 4.90 Å². The van der Waals surface area contributed by atoms with E-state index >= 15 is 0 Å². The van der Waals surface area contributed by atoms with E-state index < -0.39 is 40.1 Å². The zero-order valence-electron chi connectivity index (χ0n) is 11.9. The lowest BCUT2D eigenvalue weighted by molar-refractivity contribution is -0.393. The molecule has 1 fully saturated rings. The smallest absolute Gasteiger partial charge is 0.300 e. The number of hydrogen-bond donors (Lipinski definition) is 0. The van der Waals surface area contributed by atoms with Crippen LogP contribution >= 0.6 is 23.2 Å². The van der Waals surface area contributed by atoms with E-state index in [-0.39, 0.29) is 32.0 Å². The summed E-state index contributed by atoms with van der Waals surface area (Å²) in [5.41, 5.74) is -1.69. The van der Waals surface area contributed by atoms with E-state index in [1.807, 2.05) is 0 Å². The molecule has 0 atom stereocenters. The number of morpholine rings is 1. The molecule has 0 aliphatic carbocycles. The van der Waals surface area contributed by atoms with Crippen molar-refractivity contribution >= 4 is 50.1 Å². The molecule has 132 valence electrons. The minimum atomic E-state index is -4.36. The van der Waals surface area contributed by atoms with Gasteiger partial charge in [-0.3, -0.25) is 20.2 Å². The van der Waals surface area contributed by atoms with Gasteiger partial charge in [-0.15, -0.1) is 0 Å². The predicted molar refractivity (Wildman–Crippen MR) is 85.5 cm³/mol. The van der Waals surface area contributed by atoms with Crippen LogP contribution in [-0.2, 0) is 14.6 Å². The van der Waals surface area contributed by atoms with E-state index in [0.29, 0.717) is 0 Å². The van der Waals surface area contributed by atoms with Crippen molar-refractivity contribution in [2.75, 3.05) is 31.2 Å². The Hall–Kier alpha value is -1.69. The van der Waals surface area contributed by atoms with Crippen LogP contribution in [0.2, 0.25) is 0 Å². The minimum Gasteiger partial charge on any atom is -0.378 e. The summed E-state index contributed by atoms with van der Waals surface area (Å²) >= 11 is 10.7. The lowest BCUT2D eigenvalue weighted by Gasteiger charge is -2.28. The number of sulfone groups is 1. The fraction of sp³-hybridized carbons (Fsp3) is 0.455. The van der Waals surface area contributed by atoms with E-state index in [1.165, 1.54) is 4.90 Å². The van der Waals surface area contributed by atoms with Crippen LogP contribution in [0.5, 0.6) is 0 Å². The Balaban J connectivity index is 2.74. The number of ether oxygens (including phenoxy) is 1. The van der Waals surface area contributed by atoms with Gasteiger partial charge in [0, 0.05) is 25.2 Å². The summed E-state index contributed by atoms with van der Waals surface area (Å²) in [6.45, 7) is 0.864. The maximum atomic E-state index is 12.0. The number of nitro groups is 2. The zero-order valence-corrected chi connectivity index (χ0v) is 14.3. The lowest BCUT2D eigenvalue weighted by atomic mass is 10.2. The van der Waals surface area contributed by atoms with Gasteiger partial charge in [-0.1, -0.05) is 23.2 Å². The first-order chi connectivity index (χ1) is 11.2. The summed E-state index contributed by atoms with van der Waals surface area (Å²) < 4.78 is 27.3.